The predicted octanol–water partition coefficient (Wildman–Crippen LogP) is 3.41. The van der Waals surface area contributed by atoms with E-state index >= 15 is 0 Å². The third-order valence-corrected chi connectivity index (χ3v) is 5.29. The largest absolute Gasteiger partial charge is 0.336 e. The molecule has 0 spiro atoms. The van der Waals surface area contributed by atoms with Crippen LogP contribution in [0.15, 0.2) is 41.8 Å². The third-order valence-electron chi connectivity index (χ3n) is 4.42. The van der Waals surface area contributed by atoms with Gasteiger partial charge in [-0.05, 0) is 41.6 Å². The first-order valence-electron chi connectivity index (χ1n) is 8.99. The smallest absolute Gasteiger partial charge is 0.265 e. The van der Waals surface area contributed by atoms with Gasteiger partial charge in [0.2, 0.25) is 0 Å². The summed E-state index contributed by atoms with van der Waals surface area (Å²) in [6.45, 7) is 8.91. The molecule has 1 aromatic heterocycles. The van der Waals surface area contributed by atoms with E-state index in [4.69, 9.17) is 0 Å². The Bertz CT molecular complexity index is 733. The lowest BCUT2D eigenvalue weighted by molar-refractivity contribution is 0.0624. The predicted molar refractivity (Wildman–Crippen MR) is 106 cm³/mol. The molecule has 1 aromatic carbocycles. The summed E-state index contributed by atoms with van der Waals surface area (Å²) in [5.41, 5.74) is 1.36. The van der Waals surface area contributed by atoms with Crippen molar-refractivity contribution in [3.05, 3.63) is 52.2 Å². The van der Waals surface area contributed by atoms with Crippen molar-refractivity contribution < 1.29 is 9.59 Å². The molecule has 0 radical (unpaired) electrons. The second-order valence-electron chi connectivity index (χ2n) is 7.00. The van der Waals surface area contributed by atoms with Crippen LogP contribution in [0.3, 0.4) is 0 Å². The highest BCUT2D eigenvalue weighted by Gasteiger charge is 2.22. The lowest BCUT2D eigenvalue weighted by Crippen LogP contribution is -2.49. The van der Waals surface area contributed by atoms with Gasteiger partial charge < -0.3 is 10.2 Å². The van der Waals surface area contributed by atoms with E-state index in [1.54, 1.807) is 30.3 Å². The van der Waals surface area contributed by atoms with Crippen molar-refractivity contribution in [1.29, 1.82) is 0 Å². The zero-order valence-corrected chi connectivity index (χ0v) is 16.1. The van der Waals surface area contributed by atoms with Crippen molar-refractivity contribution in [2.75, 3.05) is 38.0 Å². The fourth-order valence-electron chi connectivity index (χ4n) is 3.13. The van der Waals surface area contributed by atoms with E-state index in [-0.39, 0.29) is 11.8 Å². The quantitative estimate of drug-likeness (QED) is 0.876. The summed E-state index contributed by atoms with van der Waals surface area (Å²) in [7, 11) is 0. The molecule has 1 aliphatic rings. The molecule has 1 saturated heterocycles. The summed E-state index contributed by atoms with van der Waals surface area (Å²) in [6.07, 6.45) is 0. The first kappa shape index (κ1) is 18.6. The third kappa shape index (κ3) is 4.71. The zero-order valence-electron chi connectivity index (χ0n) is 15.3. The molecular weight excluding hydrogens is 346 g/mol. The van der Waals surface area contributed by atoms with Crippen LogP contribution in [-0.2, 0) is 0 Å². The number of nitrogens with one attached hydrogen (secondary N) is 1. The molecule has 6 heteroatoms. The number of piperazine rings is 1. The number of carbonyl (C=O) groups excluding carboxylic acids is 2. The van der Waals surface area contributed by atoms with Gasteiger partial charge in [-0.25, -0.2) is 0 Å². The minimum Gasteiger partial charge on any atom is -0.336 e. The monoisotopic (exact) mass is 371 g/mol. The molecule has 1 fully saturated rings. The first-order chi connectivity index (χ1) is 12.5. The fourth-order valence-corrected chi connectivity index (χ4v) is 3.75. The Labute approximate surface area is 158 Å². The van der Waals surface area contributed by atoms with E-state index in [2.05, 4.69) is 24.1 Å². The number of carbonyl (C=O) groups is 2. The topological polar surface area (TPSA) is 52.6 Å². The van der Waals surface area contributed by atoms with Crippen LogP contribution in [-0.4, -0.2) is 54.3 Å². The molecule has 2 aromatic rings. The van der Waals surface area contributed by atoms with Crippen LogP contribution < -0.4 is 5.32 Å². The maximum absolute atomic E-state index is 12.7. The van der Waals surface area contributed by atoms with E-state index in [0.717, 1.165) is 32.7 Å². The van der Waals surface area contributed by atoms with Crippen molar-refractivity contribution >= 4 is 28.8 Å². The molecule has 5 nitrogen and oxygen atoms in total. The van der Waals surface area contributed by atoms with Gasteiger partial charge in [-0.1, -0.05) is 19.9 Å². The molecule has 3 rings (SSSR count). The SMILES string of the molecule is CC(C)CN1CCN(C(=O)c2ccc(NC(=O)c3cccs3)cc2)CC1. The summed E-state index contributed by atoms with van der Waals surface area (Å²) in [5.74, 6) is 0.583. The summed E-state index contributed by atoms with van der Waals surface area (Å²) < 4.78 is 0. The molecule has 138 valence electrons. The zero-order chi connectivity index (χ0) is 18.5. The van der Waals surface area contributed by atoms with Gasteiger partial charge in [0.15, 0.2) is 0 Å². The number of amides is 2. The number of hydrogen-bond acceptors (Lipinski definition) is 4. The molecular formula is C20H25N3O2S. The molecule has 2 heterocycles. The van der Waals surface area contributed by atoms with Crippen molar-refractivity contribution in [2.24, 2.45) is 5.92 Å². The van der Waals surface area contributed by atoms with Crippen LogP contribution in [0.1, 0.15) is 33.9 Å². The molecule has 0 aliphatic carbocycles. The molecule has 0 saturated carbocycles. The Morgan fingerprint density at radius 2 is 1.77 bits per heavy atom. The standard InChI is InChI=1S/C20H25N3O2S/c1-15(2)14-22-9-11-23(12-10-22)20(25)16-5-7-17(8-6-16)21-19(24)18-4-3-13-26-18/h3-8,13,15H,9-12,14H2,1-2H3,(H,21,24). The van der Waals surface area contributed by atoms with Crippen molar-refractivity contribution in [3.8, 4) is 0 Å². The number of benzene rings is 1. The van der Waals surface area contributed by atoms with Gasteiger partial charge in [0, 0.05) is 44.0 Å². The highest BCUT2D eigenvalue weighted by Crippen LogP contribution is 2.16. The van der Waals surface area contributed by atoms with E-state index in [9.17, 15) is 9.59 Å². The maximum Gasteiger partial charge on any atom is 0.265 e. The van der Waals surface area contributed by atoms with Crippen LogP contribution in [0.25, 0.3) is 0 Å². The summed E-state index contributed by atoms with van der Waals surface area (Å²) >= 11 is 1.40. The van der Waals surface area contributed by atoms with Crippen LogP contribution >= 0.6 is 11.3 Å². The minimum absolute atomic E-state index is 0.0605. The highest BCUT2D eigenvalue weighted by atomic mass is 32.1. The fraction of sp³-hybridized carbons (Fsp3) is 0.400. The van der Waals surface area contributed by atoms with Crippen LogP contribution in [0.4, 0.5) is 5.69 Å². The Kier molecular flexibility index (Phi) is 6.06. The van der Waals surface area contributed by atoms with Gasteiger partial charge in [0.05, 0.1) is 4.88 Å². The molecule has 0 bridgehead atoms. The molecule has 2 amide bonds. The van der Waals surface area contributed by atoms with Crippen LogP contribution in [0, 0.1) is 5.92 Å². The number of rotatable bonds is 5. The number of thiophene rings is 1. The number of anilines is 1. The van der Waals surface area contributed by atoms with Gasteiger partial charge in [0.1, 0.15) is 0 Å². The average Bonchev–Trinajstić information content (AvgIpc) is 3.17. The lowest BCUT2D eigenvalue weighted by atomic mass is 10.1. The normalized spacial score (nSPS) is 15.3. The Morgan fingerprint density at radius 3 is 2.35 bits per heavy atom. The molecule has 1 N–H and O–H groups in total. The Morgan fingerprint density at radius 1 is 1.08 bits per heavy atom. The molecule has 0 atom stereocenters. The van der Waals surface area contributed by atoms with Gasteiger partial charge in [-0.2, -0.15) is 0 Å². The van der Waals surface area contributed by atoms with E-state index in [1.165, 1.54) is 11.3 Å². The second kappa shape index (κ2) is 8.47. The average molecular weight is 372 g/mol. The number of hydrogen-bond donors (Lipinski definition) is 1. The Balaban J connectivity index is 1.55. The molecule has 26 heavy (non-hydrogen) atoms. The van der Waals surface area contributed by atoms with Gasteiger partial charge in [0.25, 0.3) is 11.8 Å². The number of nitrogens with zero attached hydrogens (tertiary/aromatic N) is 2. The minimum atomic E-state index is -0.125. The Hall–Kier alpha value is -2.18. The van der Waals surface area contributed by atoms with Gasteiger partial charge >= 0.3 is 0 Å². The molecule has 1 aliphatic heterocycles. The second-order valence-corrected chi connectivity index (χ2v) is 7.94. The van der Waals surface area contributed by atoms with Crippen molar-refractivity contribution in [1.82, 2.24) is 9.80 Å². The van der Waals surface area contributed by atoms with E-state index in [0.29, 0.717) is 22.0 Å². The summed E-state index contributed by atoms with van der Waals surface area (Å²) in [6, 6.07) is 10.8. The lowest BCUT2D eigenvalue weighted by Gasteiger charge is -2.35. The van der Waals surface area contributed by atoms with Crippen LogP contribution in [0.2, 0.25) is 0 Å². The first-order valence-corrected chi connectivity index (χ1v) is 9.87. The highest BCUT2D eigenvalue weighted by molar-refractivity contribution is 7.12. The van der Waals surface area contributed by atoms with E-state index in [1.807, 2.05) is 16.3 Å². The van der Waals surface area contributed by atoms with E-state index < -0.39 is 0 Å². The summed E-state index contributed by atoms with van der Waals surface area (Å²) in [5, 5.41) is 4.73. The van der Waals surface area contributed by atoms with Crippen molar-refractivity contribution in [2.45, 2.75) is 13.8 Å². The van der Waals surface area contributed by atoms with Crippen LogP contribution in [0.5, 0.6) is 0 Å². The maximum atomic E-state index is 12.7. The molecule has 0 unspecified atom stereocenters. The van der Waals surface area contributed by atoms with Crippen molar-refractivity contribution in [3.63, 3.8) is 0 Å². The van der Waals surface area contributed by atoms with Gasteiger partial charge in [-0.3, -0.25) is 14.5 Å². The summed E-state index contributed by atoms with van der Waals surface area (Å²) in [4.78, 5) is 29.7. The van der Waals surface area contributed by atoms with Gasteiger partial charge in [-0.15, -0.1) is 11.3 Å².